The number of carbonyl (C=O) groups is 1. The molecule has 0 unspecified atom stereocenters. The van der Waals surface area contributed by atoms with Gasteiger partial charge in [-0.15, -0.1) is 0 Å². The Morgan fingerprint density at radius 3 is 2.83 bits per heavy atom. The summed E-state index contributed by atoms with van der Waals surface area (Å²) in [7, 11) is 0. The number of aryl methyl sites for hydroxylation is 1. The Hall–Kier alpha value is -1.49. The molecule has 2 aromatic heterocycles. The fourth-order valence-electron chi connectivity index (χ4n) is 3.28. The number of carbonyl (C=O) groups excluding carboxylic acids is 1. The number of aromatic nitrogens is 2. The molecule has 1 aliphatic rings. The van der Waals surface area contributed by atoms with E-state index in [1.165, 1.54) is 19.3 Å². The van der Waals surface area contributed by atoms with Gasteiger partial charge in [-0.3, -0.25) is 0 Å². The van der Waals surface area contributed by atoms with Gasteiger partial charge in [0, 0.05) is 0 Å². The minimum atomic E-state index is -0.222. The van der Waals surface area contributed by atoms with Crippen LogP contribution in [0.25, 0.3) is 11.0 Å². The number of ketones is 1. The molecule has 0 radical (unpaired) electrons. The molecule has 0 bridgehead atoms. The Morgan fingerprint density at radius 1 is 1.35 bits per heavy atom. The third kappa shape index (κ3) is 3.25. The fourth-order valence-corrected chi connectivity index (χ4v) is 4.21. The molecule has 1 fully saturated rings. The molecule has 5 heteroatoms. The second-order valence-corrected chi connectivity index (χ2v) is 7.55. The Kier molecular flexibility index (Phi) is 4.95. The van der Waals surface area contributed by atoms with Crippen LogP contribution >= 0.6 is 0 Å². The molecule has 0 aliphatic heterocycles. The van der Waals surface area contributed by atoms with E-state index >= 15 is 0 Å². The summed E-state index contributed by atoms with van der Waals surface area (Å²) in [6, 6.07) is 3.76. The molecule has 4 nitrogen and oxygen atoms in total. The number of hydrogen-bond donors (Lipinski definition) is 0. The van der Waals surface area contributed by atoms with Gasteiger partial charge in [0.2, 0.25) is 0 Å². The number of allylic oxidation sites excluding steroid dienone is 2. The summed E-state index contributed by atoms with van der Waals surface area (Å²) in [5.41, 5.74) is 1.47. The van der Waals surface area contributed by atoms with Crippen LogP contribution in [0, 0.1) is 12.8 Å². The second kappa shape index (κ2) is 6.95. The molecule has 1 saturated carbocycles. The van der Waals surface area contributed by atoms with Crippen molar-refractivity contribution in [2.24, 2.45) is 5.92 Å². The van der Waals surface area contributed by atoms with E-state index < -0.39 is 0 Å². The van der Waals surface area contributed by atoms with Gasteiger partial charge >= 0.3 is 148 Å². The molecule has 2 heterocycles. The molecule has 0 spiro atoms. The first-order chi connectivity index (χ1) is 11.1. The molecule has 2 aromatic rings. The van der Waals surface area contributed by atoms with Crippen LogP contribution in [0.4, 0.5) is 0 Å². The van der Waals surface area contributed by atoms with Crippen molar-refractivity contribution < 1.29 is 26.1 Å². The number of fused-ring (bicyclic) bond motifs is 1. The van der Waals surface area contributed by atoms with Crippen LogP contribution in [0.2, 0.25) is 0 Å². The summed E-state index contributed by atoms with van der Waals surface area (Å²) in [4.78, 5) is 29.5. The van der Waals surface area contributed by atoms with Gasteiger partial charge in [0.15, 0.2) is 0 Å². The van der Waals surface area contributed by atoms with E-state index in [9.17, 15) is 9.59 Å². The molecular weight excluding hydrogens is 457 g/mol. The summed E-state index contributed by atoms with van der Waals surface area (Å²) in [6.45, 7) is 1.84. The van der Waals surface area contributed by atoms with E-state index in [0.29, 0.717) is 17.1 Å². The van der Waals surface area contributed by atoms with Crippen LogP contribution in [0.5, 0.6) is 0 Å². The van der Waals surface area contributed by atoms with Crippen LogP contribution in [0.3, 0.4) is 0 Å². The van der Waals surface area contributed by atoms with Crippen LogP contribution in [-0.2, 0) is 21.3 Å². The fraction of sp³-hybridized carbons (Fsp3) is 0.389. The Balaban J connectivity index is 2.00. The van der Waals surface area contributed by atoms with Crippen LogP contribution in [-0.4, -0.2) is 13.7 Å². The average molecular weight is 476 g/mol. The van der Waals surface area contributed by atoms with Crippen molar-refractivity contribution in [3.05, 3.63) is 52.0 Å². The summed E-state index contributed by atoms with van der Waals surface area (Å²) < 4.78 is 1.57. The SMILES string of the molecule is Cc1c(C(=O)/C=C/C2CCCCC2)c(=O)[n]([Ta])c2ncccc12. The van der Waals surface area contributed by atoms with E-state index in [0.717, 1.165) is 45.1 Å². The zero-order valence-corrected chi connectivity index (χ0v) is 16.4. The first kappa shape index (κ1) is 16.4. The molecule has 23 heavy (non-hydrogen) atoms. The van der Waals surface area contributed by atoms with Crippen LogP contribution in [0.15, 0.2) is 35.3 Å². The summed E-state index contributed by atoms with van der Waals surface area (Å²) in [6.07, 6.45) is 11.3. The predicted octanol–water partition coefficient (Wildman–Crippen LogP) is 3.33. The third-order valence-corrected chi connectivity index (χ3v) is 5.92. The van der Waals surface area contributed by atoms with E-state index in [-0.39, 0.29) is 11.3 Å². The average Bonchev–Trinajstić information content (AvgIpc) is 2.59. The molecule has 0 atom stereocenters. The van der Waals surface area contributed by atoms with Crippen molar-refractivity contribution in [2.45, 2.75) is 39.0 Å². The van der Waals surface area contributed by atoms with Gasteiger partial charge in [-0.25, -0.2) is 0 Å². The zero-order valence-electron chi connectivity index (χ0n) is 13.2. The predicted molar refractivity (Wildman–Crippen MR) is 86.2 cm³/mol. The van der Waals surface area contributed by atoms with Crippen molar-refractivity contribution in [1.82, 2.24) is 7.95 Å². The molecule has 1 aliphatic carbocycles. The van der Waals surface area contributed by atoms with Gasteiger partial charge in [-0.1, -0.05) is 0 Å². The Morgan fingerprint density at radius 2 is 2.09 bits per heavy atom. The Bertz CT molecular complexity index is 833. The van der Waals surface area contributed by atoms with Crippen molar-refractivity contribution >= 4 is 16.8 Å². The minimum absolute atomic E-state index is 0.177. The number of rotatable bonds is 3. The molecule has 3 rings (SSSR count). The van der Waals surface area contributed by atoms with Gasteiger partial charge in [0.05, 0.1) is 0 Å². The van der Waals surface area contributed by atoms with E-state index in [1.54, 1.807) is 15.2 Å². The van der Waals surface area contributed by atoms with E-state index in [4.69, 9.17) is 0 Å². The molecule has 118 valence electrons. The van der Waals surface area contributed by atoms with E-state index in [2.05, 4.69) is 4.98 Å². The number of pyridine rings is 2. The van der Waals surface area contributed by atoms with Crippen LogP contribution < -0.4 is 5.56 Å². The zero-order chi connectivity index (χ0) is 16.4. The monoisotopic (exact) mass is 476 g/mol. The van der Waals surface area contributed by atoms with Crippen molar-refractivity contribution in [3.8, 4) is 0 Å². The van der Waals surface area contributed by atoms with Gasteiger partial charge in [0.25, 0.3) is 0 Å². The summed E-state index contributed by atoms with van der Waals surface area (Å²) >= 11 is 0.740. The van der Waals surface area contributed by atoms with Crippen molar-refractivity contribution in [1.29, 1.82) is 0 Å². The quantitative estimate of drug-likeness (QED) is 0.505. The molecular formula is C18H19N2O2Ta. The van der Waals surface area contributed by atoms with Gasteiger partial charge in [0.1, 0.15) is 0 Å². The van der Waals surface area contributed by atoms with E-state index in [1.807, 2.05) is 25.1 Å². The first-order valence-corrected chi connectivity index (χ1v) is 9.45. The molecule has 0 aromatic carbocycles. The van der Waals surface area contributed by atoms with Gasteiger partial charge in [-0.05, 0) is 0 Å². The normalized spacial score (nSPS) is 16.2. The van der Waals surface area contributed by atoms with Gasteiger partial charge in [-0.2, -0.15) is 0 Å². The maximum absolute atomic E-state index is 12.6. The molecule has 0 amide bonds. The topological polar surface area (TPSA) is 52.0 Å². The number of nitrogens with zero attached hydrogens (tertiary/aromatic N) is 2. The Labute approximate surface area is 147 Å². The number of hydrogen-bond acceptors (Lipinski definition) is 3. The molecule has 0 N–H and O–H groups in total. The van der Waals surface area contributed by atoms with Crippen molar-refractivity contribution in [3.63, 3.8) is 0 Å². The summed E-state index contributed by atoms with van der Waals surface area (Å²) in [5, 5.41) is 0.879. The maximum atomic E-state index is 12.6. The van der Waals surface area contributed by atoms with Crippen LogP contribution in [0.1, 0.15) is 48.0 Å². The third-order valence-electron chi connectivity index (χ3n) is 4.59. The second-order valence-electron chi connectivity index (χ2n) is 6.11. The standard InChI is InChI=1S/C18H20N2O2.Ta/c1-12-14-8-5-11-19-17(14)20-18(22)16(12)15(21)10-9-13-6-3-2-4-7-13;/h5,8-11,13H,2-4,6-7H2,1H3,(H,19,20,21,22);/q;+1/p-1/b10-9+;. The van der Waals surface area contributed by atoms with Crippen molar-refractivity contribution in [2.75, 3.05) is 0 Å². The summed E-state index contributed by atoms with van der Waals surface area (Å²) in [5.74, 6) is 0.301. The van der Waals surface area contributed by atoms with Gasteiger partial charge < -0.3 is 0 Å². The molecule has 0 saturated heterocycles. The first-order valence-electron chi connectivity index (χ1n) is 8.01.